The Morgan fingerprint density at radius 2 is 2.03 bits per heavy atom. The van der Waals surface area contributed by atoms with E-state index in [-0.39, 0.29) is 13.2 Å². The van der Waals surface area contributed by atoms with E-state index >= 15 is 0 Å². The lowest BCUT2D eigenvalue weighted by Crippen LogP contribution is -2.38. The molecule has 32 heavy (non-hydrogen) atoms. The van der Waals surface area contributed by atoms with E-state index in [9.17, 15) is 14.9 Å². The number of nitrogens with zero attached hydrogens (tertiary/aromatic N) is 2. The molecule has 0 aliphatic heterocycles. The second-order valence-corrected chi connectivity index (χ2v) is 7.04. The topological polar surface area (TPSA) is 105 Å². The zero-order chi connectivity index (χ0) is 23.1. The van der Waals surface area contributed by atoms with Gasteiger partial charge in [0.1, 0.15) is 18.4 Å². The van der Waals surface area contributed by atoms with Crippen LogP contribution in [0.15, 0.2) is 48.2 Å². The van der Waals surface area contributed by atoms with Crippen molar-refractivity contribution >= 4 is 28.5 Å². The second kappa shape index (κ2) is 10.4. The molecule has 1 aromatic carbocycles. The van der Waals surface area contributed by atoms with Crippen LogP contribution >= 0.6 is 0 Å². The predicted octanol–water partition coefficient (Wildman–Crippen LogP) is 3.54. The number of rotatable bonds is 7. The number of urea groups is 1. The second-order valence-electron chi connectivity index (χ2n) is 7.04. The number of nitrogens with one attached hydrogen (secondary N) is 2. The van der Waals surface area contributed by atoms with E-state index in [0.29, 0.717) is 24.3 Å². The molecule has 2 amide bonds. The van der Waals surface area contributed by atoms with E-state index in [2.05, 4.69) is 16.7 Å². The Morgan fingerprint density at radius 1 is 1.22 bits per heavy atom. The van der Waals surface area contributed by atoms with Gasteiger partial charge in [-0.3, -0.25) is 4.79 Å². The number of amides is 2. The fourth-order valence-corrected chi connectivity index (χ4v) is 3.59. The van der Waals surface area contributed by atoms with Crippen LogP contribution in [-0.4, -0.2) is 36.3 Å². The highest BCUT2D eigenvalue weighted by atomic mass is 16.5. The summed E-state index contributed by atoms with van der Waals surface area (Å²) in [5.74, 6) is 0.258. The molecule has 166 valence electrons. The van der Waals surface area contributed by atoms with Gasteiger partial charge in [0.2, 0.25) is 0 Å². The zero-order valence-electron chi connectivity index (χ0n) is 18.4. The van der Waals surface area contributed by atoms with Crippen LogP contribution in [0.3, 0.4) is 0 Å². The van der Waals surface area contributed by atoms with Gasteiger partial charge in [0, 0.05) is 24.2 Å². The molecule has 8 heteroatoms. The highest BCUT2D eigenvalue weighted by molar-refractivity contribution is 5.94. The maximum Gasteiger partial charge on any atom is 0.325 e. The molecular weight excluding hydrogens is 408 g/mol. The van der Waals surface area contributed by atoms with Gasteiger partial charge in [-0.05, 0) is 50.1 Å². The van der Waals surface area contributed by atoms with Crippen molar-refractivity contribution in [3.8, 4) is 11.8 Å². The third kappa shape index (κ3) is 5.01. The van der Waals surface area contributed by atoms with Crippen LogP contribution in [-0.2, 0) is 16.6 Å². The number of carbonyl (C=O) groups excluding carboxylic acids is 2. The van der Waals surface area contributed by atoms with E-state index in [1.165, 1.54) is 0 Å². The summed E-state index contributed by atoms with van der Waals surface area (Å²) in [6.07, 6.45) is 7.95. The van der Waals surface area contributed by atoms with Crippen molar-refractivity contribution in [2.75, 3.05) is 19.8 Å². The number of benzene rings is 1. The number of carbonyl (C=O) groups is 2. The first-order valence-electron chi connectivity index (χ1n) is 10.4. The van der Waals surface area contributed by atoms with Gasteiger partial charge in [-0.15, -0.1) is 0 Å². The van der Waals surface area contributed by atoms with Crippen molar-refractivity contribution in [1.82, 2.24) is 15.2 Å². The van der Waals surface area contributed by atoms with Gasteiger partial charge in [-0.25, -0.2) is 4.79 Å². The lowest BCUT2D eigenvalue weighted by atomic mass is 10.0. The normalized spacial score (nSPS) is 12.9. The summed E-state index contributed by atoms with van der Waals surface area (Å²) in [6, 6.07) is 7.55. The Hall–Kier alpha value is -3.99. The van der Waals surface area contributed by atoms with Gasteiger partial charge in [-0.1, -0.05) is 12.2 Å². The quantitative estimate of drug-likeness (QED) is 0.649. The summed E-state index contributed by atoms with van der Waals surface area (Å²) >= 11 is 0. The fraction of sp³-hybridized carbons (Fsp3) is 0.292. The van der Waals surface area contributed by atoms with Gasteiger partial charge in [0.25, 0.3) is 0 Å². The molecule has 8 nitrogen and oxygen atoms in total. The van der Waals surface area contributed by atoms with Crippen LogP contribution in [0.25, 0.3) is 16.5 Å². The van der Waals surface area contributed by atoms with Crippen molar-refractivity contribution in [3.05, 3.63) is 59.5 Å². The predicted molar refractivity (Wildman–Crippen MR) is 122 cm³/mol. The maximum atomic E-state index is 12.1. The van der Waals surface area contributed by atoms with Crippen molar-refractivity contribution in [2.24, 2.45) is 7.05 Å². The summed E-state index contributed by atoms with van der Waals surface area (Å²) < 4.78 is 12.4. The zero-order valence-corrected chi connectivity index (χ0v) is 18.4. The molecule has 0 saturated carbocycles. The van der Waals surface area contributed by atoms with Gasteiger partial charge >= 0.3 is 12.0 Å². The molecule has 2 aromatic rings. The van der Waals surface area contributed by atoms with Crippen molar-refractivity contribution < 1.29 is 19.1 Å². The average molecular weight is 434 g/mol. The Labute approximate surface area is 186 Å². The van der Waals surface area contributed by atoms with Gasteiger partial charge in [-0.2, -0.15) is 5.26 Å². The lowest BCUT2D eigenvalue weighted by molar-refractivity contribution is -0.141. The number of allylic oxidation sites excluding steroid dienone is 5. The summed E-state index contributed by atoms with van der Waals surface area (Å²) in [6.45, 7) is 4.25. The molecule has 3 rings (SSSR count). The van der Waals surface area contributed by atoms with Crippen LogP contribution in [0.1, 0.15) is 31.5 Å². The SMILES string of the molecule is CCOC(=O)CNC(=O)NC1=CC=C(c2c(C#N)c3ccc(OCC)cc3n2C)CC=C1. The van der Waals surface area contributed by atoms with Crippen LogP contribution < -0.4 is 15.4 Å². The molecule has 0 spiro atoms. The summed E-state index contributed by atoms with van der Waals surface area (Å²) in [5.41, 5.74) is 3.85. The molecule has 1 aromatic heterocycles. The van der Waals surface area contributed by atoms with Crippen LogP contribution in [0.2, 0.25) is 0 Å². The minimum Gasteiger partial charge on any atom is -0.494 e. The largest absolute Gasteiger partial charge is 0.494 e. The van der Waals surface area contributed by atoms with Gasteiger partial charge in [0.15, 0.2) is 0 Å². The van der Waals surface area contributed by atoms with E-state index in [1.54, 1.807) is 19.1 Å². The van der Waals surface area contributed by atoms with Crippen LogP contribution in [0.5, 0.6) is 5.75 Å². The number of esters is 1. The fourth-order valence-electron chi connectivity index (χ4n) is 3.59. The summed E-state index contributed by atoms with van der Waals surface area (Å²) in [7, 11) is 1.93. The minimum atomic E-state index is -0.503. The van der Waals surface area contributed by atoms with Crippen LogP contribution in [0, 0.1) is 11.3 Å². The summed E-state index contributed by atoms with van der Waals surface area (Å²) in [4.78, 5) is 23.4. The number of nitriles is 1. The molecule has 1 aliphatic carbocycles. The Kier molecular flexibility index (Phi) is 7.34. The molecule has 0 saturated heterocycles. The number of hydrogen-bond acceptors (Lipinski definition) is 5. The molecule has 0 bridgehead atoms. The molecule has 0 radical (unpaired) electrons. The Bertz CT molecular complexity index is 1160. The van der Waals surface area contributed by atoms with Gasteiger partial charge in [0.05, 0.1) is 30.0 Å². The maximum absolute atomic E-state index is 12.1. The third-order valence-electron chi connectivity index (χ3n) is 4.95. The first kappa shape index (κ1) is 22.7. The Morgan fingerprint density at radius 3 is 2.75 bits per heavy atom. The van der Waals surface area contributed by atoms with E-state index in [4.69, 9.17) is 9.47 Å². The lowest BCUT2D eigenvalue weighted by Gasteiger charge is -2.08. The smallest absolute Gasteiger partial charge is 0.325 e. The molecule has 1 heterocycles. The first-order chi connectivity index (χ1) is 15.5. The van der Waals surface area contributed by atoms with Crippen LogP contribution in [0.4, 0.5) is 4.79 Å². The monoisotopic (exact) mass is 434 g/mol. The number of hydrogen-bond donors (Lipinski definition) is 2. The van der Waals surface area contributed by atoms with Crippen molar-refractivity contribution in [3.63, 3.8) is 0 Å². The third-order valence-corrected chi connectivity index (χ3v) is 4.95. The molecule has 0 atom stereocenters. The standard InChI is InChI=1S/C24H26N4O4/c1-4-31-18-11-12-19-20(14-25)23(28(3)21(19)13-18)16-7-6-8-17(10-9-16)27-24(30)26-15-22(29)32-5-2/h6,8-13H,4-5,7,15H2,1-3H3,(H2,26,27,30). The van der Waals surface area contributed by atoms with Crippen molar-refractivity contribution in [1.29, 1.82) is 5.26 Å². The van der Waals surface area contributed by atoms with E-state index in [0.717, 1.165) is 27.9 Å². The number of aryl methyl sites for hydroxylation is 1. The Balaban J connectivity index is 1.85. The number of aromatic nitrogens is 1. The van der Waals surface area contributed by atoms with E-state index < -0.39 is 12.0 Å². The molecular formula is C24H26N4O4. The summed E-state index contributed by atoms with van der Waals surface area (Å²) in [5, 5.41) is 15.9. The highest BCUT2D eigenvalue weighted by Crippen LogP contribution is 2.34. The molecule has 0 fully saturated rings. The molecule has 2 N–H and O–H groups in total. The molecule has 1 aliphatic rings. The van der Waals surface area contributed by atoms with Crippen molar-refractivity contribution in [2.45, 2.75) is 20.3 Å². The minimum absolute atomic E-state index is 0.205. The van der Waals surface area contributed by atoms with Gasteiger partial charge < -0.3 is 24.7 Å². The van der Waals surface area contributed by atoms with E-state index in [1.807, 2.05) is 48.9 Å². The highest BCUT2D eigenvalue weighted by Gasteiger charge is 2.19. The average Bonchev–Trinajstić information content (AvgIpc) is 2.90. The number of ether oxygens (including phenoxy) is 2. The first-order valence-corrected chi connectivity index (χ1v) is 10.4. The molecule has 0 unspecified atom stereocenters. The number of fused-ring (bicyclic) bond motifs is 1.